The van der Waals surface area contributed by atoms with E-state index in [0.717, 1.165) is 24.2 Å². The Labute approximate surface area is 202 Å². The Kier molecular flexibility index (Phi) is 5.58. The first-order valence-corrected chi connectivity index (χ1v) is 12.2. The zero-order valence-electron chi connectivity index (χ0n) is 19.7. The molecule has 1 atom stereocenters. The lowest BCUT2D eigenvalue weighted by Gasteiger charge is -2.55. The van der Waals surface area contributed by atoms with Gasteiger partial charge in [0, 0.05) is 29.8 Å². The molecule has 1 saturated carbocycles. The number of nitrogens with zero attached hydrogens (tertiary/aromatic N) is 3. The van der Waals surface area contributed by atoms with E-state index in [-0.39, 0.29) is 12.0 Å². The summed E-state index contributed by atoms with van der Waals surface area (Å²) in [6.45, 7) is 4.00. The molecule has 2 saturated heterocycles. The largest absolute Gasteiger partial charge is 0.484 e. The molecule has 0 radical (unpaired) electrons. The van der Waals surface area contributed by atoms with Gasteiger partial charge in [0.2, 0.25) is 0 Å². The first-order chi connectivity index (χ1) is 17.0. The van der Waals surface area contributed by atoms with Gasteiger partial charge in [-0.2, -0.15) is 0 Å². The first kappa shape index (κ1) is 22.6. The van der Waals surface area contributed by atoms with Crippen molar-refractivity contribution in [2.75, 3.05) is 19.8 Å². The van der Waals surface area contributed by atoms with Gasteiger partial charge in [0.1, 0.15) is 19.0 Å². The quantitative estimate of drug-likeness (QED) is 0.556. The zero-order valence-corrected chi connectivity index (χ0v) is 19.7. The summed E-state index contributed by atoms with van der Waals surface area (Å²) in [5.74, 6) is 0.777. The minimum absolute atomic E-state index is 0.142. The number of aliphatic hydroxyl groups is 1. The number of rotatable bonds is 6. The minimum atomic E-state index is -0.831. The lowest BCUT2D eigenvalue weighted by molar-refractivity contribution is -0.208. The molecule has 0 spiro atoms. The molecule has 4 aliphatic rings. The highest BCUT2D eigenvalue weighted by Gasteiger charge is 2.53. The van der Waals surface area contributed by atoms with Crippen molar-refractivity contribution in [2.45, 2.75) is 62.8 Å². The van der Waals surface area contributed by atoms with Crippen molar-refractivity contribution in [2.24, 2.45) is 0 Å². The van der Waals surface area contributed by atoms with Gasteiger partial charge in [-0.3, -0.25) is 9.97 Å². The number of aryl methyl sites for hydroxylation is 1. The number of aromatic nitrogens is 3. The van der Waals surface area contributed by atoms with Crippen LogP contribution in [0.15, 0.2) is 30.5 Å². The summed E-state index contributed by atoms with van der Waals surface area (Å²) in [5, 5.41) is 14.9. The highest BCUT2D eigenvalue weighted by atomic mass is 19.1. The fourth-order valence-electron chi connectivity index (χ4n) is 5.49. The third kappa shape index (κ3) is 4.11. The van der Waals surface area contributed by atoms with Gasteiger partial charge in [-0.15, -0.1) is 0 Å². The maximum Gasteiger partial charge on any atom is 0.257 e. The number of nitrogens with one attached hydrogen (secondary N) is 1. The van der Waals surface area contributed by atoms with Crippen molar-refractivity contribution < 1.29 is 23.7 Å². The van der Waals surface area contributed by atoms with Crippen LogP contribution in [0.4, 0.5) is 4.39 Å². The molecule has 3 aromatic heterocycles. The first-order valence-electron chi connectivity index (χ1n) is 12.2. The van der Waals surface area contributed by atoms with E-state index in [1.807, 2.05) is 31.2 Å². The van der Waals surface area contributed by atoms with Gasteiger partial charge < -0.3 is 24.6 Å². The highest BCUT2D eigenvalue weighted by molar-refractivity contribution is 5.78. The minimum Gasteiger partial charge on any atom is -0.484 e. The second-order valence-electron chi connectivity index (χ2n) is 9.92. The summed E-state index contributed by atoms with van der Waals surface area (Å²) in [7, 11) is 0. The van der Waals surface area contributed by atoms with Crippen LogP contribution in [0.5, 0.6) is 11.6 Å². The number of fused-ring (bicyclic) bond motifs is 5. The average Bonchev–Trinajstić information content (AvgIpc) is 2.90. The summed E-state index contributed by atoms with van der Waals surface area (Å²) >= 11 is 0. The van der Waals surface area contributed by atoms with Crippen molar-refractivity contribution in [1.29, 1.82) is 0 Å². The maximum absolute atomic E-state index is 14.8. The Morgan fingerprint density at radius 1 is 1.09 bits per heavy atom. The molecule has 35 heavy (non-hydrogen) atoms. The Balaban J connectivity index is 1.13. The summed E-state index contributed by atoms with van der Waals surface area (Å²) in [6.07, 6.45) is 3.66. The van der Waals surface area contributed by atoms with E-state index in [9.17, 15) is 9.50 Å². The number of hydrogen-bond acceptors (Lipinski definition) is 8. The van der Waals surface area contributed by atoms with Crippen molar-refractivity contribution in [3.05, 3.63) is 53.2 Å². The molecule has 184 valence electrons. The number of pyridine rings is 3. The van der Waals surface area contributed by atoms with Gasteiger partial charge in [0.05, 0.1) is 41.2 Å². The molecular weight excluding hydrogens is 451 g/mol. The zero-order chi connectivity index (χ0) is 24.0. The van der Waals surface area contributed by atoms with Crippen LogP contribution < -0.4 is 14.8 Å². The Morgan fingerprint density at radius 2 is 1.91 bits per heavy atom. The molecule has 0 aromatic carbocycles. The number of halogens is 1. The van der Waals surface area contributed by atoms with Crippen LogP contribution in [0, 0.1) is 12.7 Å². The van der Waals surface area contributed by atoms with E-state index in [2.05, 4.69) is 20.3 Å². The Bertz CT molecular complexity index is 1240. The number of aliphatic hydroxyl groups excluding tert-OH is 1. The van der Waals surface area contributed by atoms with Gasteiger partial charge in [-0.25, -0.2) is 9.37 Å². The molecule has 0 amide bonds. The van der Waals surface area contributed by atoms with Crippen molar-refractivity contribution in [3.63, 3.8) is 0 Å². The maximum atomic E-state index is 14.8. The molecule has 1 unspecified atom stereocenters. The van der Waals surface area contributed by atoms with E-state index in [1.54, 1.807) is 0 Å². The molecule has 3 aromatic rings. The fraction of sp³-hybridized carbons (Fsp3) is 0.500. The van der Waals surface area contributed by atoms with Gasteiger partial charge in [0.15, 0.2) is 5.75 Å². The van der Waals surface area contributed by atoms with Crippen molar-refractivity contribution in [3.8, 4) is 11.6 Å². The lowest BCUT2D eigenvalue weighted by Crippen LogP contribution is -2.65. The topological polar surface area (TPSA) is 98.6 Å². The van der Waals surface area contributed by atoms with Crippen LogP contribution in [-0.4, -0.2) is 57.1 Å². The lowest BCUT2D eigenvalue weighted by atomic mass is 9.68. The molecule has 1 aliphatic carbocycles. The molecule has 2 N–H and O–H groups in total. The summed E-state index contributed by atoms with van der Waals surface area (Å²) in [6, 6.07) is 7.53. The van der Waals surface area contributed by atoms with E-state index in [4.69, 9.17) is 14.2 Å². The van der Waals surface area contributed by atoms with Crippen LogP contribution >= 0.6 is 0 Å². The standard InChI is InChI=1S/C26H29FN4O4/c1-16-2-4-20-23(30-16)18(19(27)14-28-20)12-22(32)26-8-6-25(7-9-26,15-35-26)29-13-17-3-5-21-24(31-17)34-11-10-33-21/h2-5,14,22,29,32H,6-13,15H2,1H3. The molecule has 6 heterocycles. The predicted octanol–water partition coefficient (Wildman–Crippen LogP) is 3.02. The third-order valence-corrected chi connectivity index (χ3v) is 7.71. The molecule has 8 nitrogen and oxygen atoms in total. The molecule has 2 bridgehead atoms. The van der Waals surface area contributed by atoms with E-state index in [1.165, 1.54) is 6.20 Å². The second-order valence-corrected chi connectivity index (χ2v) is 9.92. The smallest absolute Gasteiger partial charge is 0.257 e. The second kappa shape index (κ2) is 8.65. The SMILES string of the molecule is Cc1ccc2ncc(F)c(CC(O)C34CCC(NCc5ccc6c(n5)OCCO6)(CC3)CO4)c2n1. The molecule has 3 fully saturated rings. The summed E-state index contributed by atoms with van der Waals surface area (Å²) in [5.41, 5.74) is 2.36. The van der Waals surface area contributed by atoms with Gasteiger partial charge in [-0.05, 0) is 56.9 Å². The van der Waals surface area contributed by atoms with E-state index >= 15 is 0 Å². The Hall–Kier alpha value is -2.88. The fourth-order valence-corrected chi connectivity index (χ4v) is 5.49. The third-order valence-electron chi connectivity index (χ3n) is 7.71. The predicted molar refractivity (Wildman–Crippen MR) is 126 cm³/mol. The molecule has 7 rings (SSSR count). The highest BCUT2D eigenvalue weighted by Crippen LogP contribution is 2.46. The molecule has 3 aliphatic heterocycles. The van der Waals surface area contributed by atoms with Crippen molar-refractivity contribution >= 4 is 11.0 Å². The number of hydrogen-bond donors (Lipinski definition) is 2. The van der Waals surface area contributed by atoms with Crippen LogP contribution in [0.2, 0.25) is 0 Å². The van der Waals surface area contributed by atoms with E-state index < -0.39 is 17.5 Å². The normalized spacial score (nSPS) is 26.1. The van der Waals surface area contributed by atoms with Gasteiger partial charge >= 0.3 is 0 Å². The van der Waals surface area contributed by atoms with E-state index in [0.29, 0.717) is 67.4 Å². The van der Waals surface area contributed by atoms with Gasteiger partial charge in [0.25, 0.3) is 5.88 Å². The average molecular weight is 481 g/mol. The van der Waals surface area contributed by atoms with Crippen LogP contribution in [0.25, 0.3) is 11.0 Å². The van der Waals surface area contributed by atoms with Crippen LogP contribution in [-0.2, 0) is 17.7 Å². The summed E-state index contributed by atoms with van der Waals surface area (Å²) < 4.78 is 32.2. The molecular formula is C26H29FN4O4. The van der Waals surface area contributed by atoms with Gasteiger partial charge in [-0.1, -0.05) is 0 Å². The monoisotopic (exact) mass is 480 g/mol. The van der Waals surface area contributed by atoms with Crippen molar-refractivity contribution in [1.82, 2.24) is 20.3 Å². The Morgan fingerprint density at radius 3 is 2.71 bits per heavy atom. The van der Waals surface area contributed by atoms with Crippen LogP contribution in [0.1, 0.15) is 42.6 Å². The molecule has 9 heteroatoms. The number of ether oxygens (including phenoxy) is 3. The van der Waals surface area contributed by atoms with Crippen LogP contribution in [0.3, 0.4) is 0 Å². The summed E-state index contributed by atoms with van der Waals surface area (Å²) in [4.78, 5) is 13.2.